The maximum absolute atomic E-state index is 4.18. The third-order valence-corrected chi connectivity index (χ3v) is 4.53. The number of anilines is 1. The first-order chi connectivity index (χ1) is 9.65. The van der Waals surface area contributed by atoms with E-state index < -0.39 is 0 Å². The van der Waals surface area contributed by atoms with Gasteiger partial charge in [0, 0.05) is 16.1 Å². The second-order valence-corrected chi connectivity index (χ2v) is 6.39. The molecule has 0 bridgehead atoms. The van der Waals surface area contributed by atoms with Crippen LogP contribution >= 0.6 is 15.9 Å². The molecule has 0 aromatic heterocycles. The van der Waals surface area contributed by atoms with E-state index in [1.807, 2.05) is 0 Å². The minimum Gasteiger partial charge on any atom is -0.378 e. The lowest BCUT2D eigenvalue weighted by molar-refractivity contribution is 0.597. The molecule has 102 valence electrons. The molecule has 0 saturated heterocycles. The van der Waals surface area contributed by atoms with E-state index in [0.29, 0.717) is 12.0 Å². The quantitative estimate of drug-likeness (QED) is 0.701. The maximum Gasteiger partial charge on any atom is 0.0522 e. The summed E-state index contributed by atoms with van der Waals surface area (Å²) in [6, 6.07) is 17.5. The van der Waals surface area contributed by atoms with Crippen molar-refractivity contribution >= 4 is 21.6 Å². The van der Waals surface area contributed by atoms with E-state index in [-0.39, 0.29) is 0 Å². The number of hydrogen-bond donors (Lipinski definition) is 1. The number of para-hydroxylation sites is 1. The first-order valence-corrected chi connectivity index (χ1v) is 7.71. The zero-order valence-electron chi connectivity index (χ0n) is 11.6. The van der Waals surface area contributed by atoms with Gasteiger partial charge in [-0.1, -0.05) is 58.4 Å². The molecular weight excluding hydrogens is 310 g/mol. The van der Waals surface area contributed by atoms with E-state index in [9.17, 15) is 0 Å². The Balaban J connectivity index is 1.97. The summed E-state index contributed by atoms with van der Waals surface area (Å²) in [7, 11) is 0. The summed E-state index contributed by atoms with van der Waals surface area (Å²) in [5.74, 6) is 0.432. The molecule has 0 aliphatic carbocycles. The Hall–Kier alpha value is -1.54. The van der Waals surface area contributed by atoms with Crippen LogP contribution in [-0.4, -0.2) is 0 Å². The van der Waals surface area contributed by atoms with Gasteiger partial charge in [-0.3, -0.25) is 0 Å². The summed E-state index contributed by atoms with van der Waals surface area (Å²) < 4.78 is 1.12. The Morgan fingerprint density at radius 3 is 2.55 bits per heavy atom. The van der Waals surface area contributed by atoms with Gasteiger partial charge in [0.15, 0.2) is 0 Å². The van der Waals surface area contributed by atoms with Crippen LogP contribution in [-0.2, 0) is 0 Å². The smallest absolute Gasteiger partial charge is 0.0522 e. The SMILES string of the molecule is C=C(C)[C@@H]1C[C@@H](c2ccc(Br)cc2)Nc2ccccc21. The Morgan fingerprint density at radius 2 is 1.85 bits per heavy atom. The molecule has 2 aromatic carbocycles. The van der Waals surface area contributed by atoms with Crippen molar-refractivity contribution in [2.45, 2.75) is 25.3 Å². The highest BCUT2D eigenvalue weighted by Gasteiger charge is 2.27. The highest BCUT2D eigenvalue weighted by atomic mass is 79.9. The summed E-state index contributed by atoms with van der Waals surface area (Å²) in [5.41, 5.74) is 5.17. The van der Waals surface area contributed by atoms with Crippen molar-refractivity contribution in [3.05, 3.63) is 76.3 Å². The lowest BCUT2D eigenvalue weighted by Gasteiger charge is -2.34. The molecule has 0 unspecified atom stereocenters. The molecule has 1 nitrogen and oxygen atoms in total. The number of hydrogen-bond acceptors (Lipinski definition) is 1. The molecule has 20 heavy (non-hydrogen) atoms. The van der Waals surface area contributed by atoms with E-state index in [4.69, 9.17) is 0 Å². The zero-order chi connectivity index (χ0) is 14.1. The van der Waals surface area contributed by atoms with Crippen molar-refractivity contribution in [1.29, 1.82) is 0 Å². The average Bonchev–Trinajstić information content (AvgIpc) is 2.46. The van der Waals surface area contributed by atoms with Gasteiger partial charge in [-0.25, -0.2) is 0 Å². The van der Waals surface area contributed by atoms with Gasteiger partial charge in [-0.05, 0) is 42.7 Å². The molecular formula is C18H18BrN. The molecule has 0 radical (unpaired) electrons. The molecule has 0 spiro atoms. The predicted molar refractivity (Wildman–Crippen MR) is 89.1 cm³/mol. The summed E-state index contributed by atoms with van der Waals surface area (Å²) >= 11 is 3.50. The van der Waals surface area contributed by atoms with Crippen molar-refractivity contribution < 1.29 is 0 Å². The fourth-order valence-electron chi connectivity index (χ4n) is 2.92. The van der Waals surface area contributed by atoms with Crippen LogP contribution < -0.4 is 5.32 Å². The minimum atomic E-state index is 0.347. The van der Waals surface area contributed by atoms with E-state index in [1.54, 1.807) is 0 Å². The molecule has 1 aliphatic heterocycles. The third-order valence-electron chi connectivity index (χ3n) is 4.00. The van der Waals surface area contributed by atoms with Crippen LogP contribution in [0.1, 0.15) is 36.4 Å². The Kier molecular flexibility index (Phi) is 3.66. The van der Waals surface area contributed by atoms with Gasteiger partial charge in [0.25, 0.3) is 0 Å². The first-order valence-electron chi connectivity index (χ1n) is 6.91. The molecule has 2 aromatic rings. The van der Waals surface area contributed by atoms with Gasteiger partial charge in [-0.15, -0.1) is 0 Å². The molecule has 2 atom stereocenters. The standard InChI is InChI=1S/C18H18BrN/c1-12(2)16-11-18(13-7-9-14(19)10-8-13)20-17-6-4-3-5-15(16)17/h3-10,16,18,20H,1,11H2,2H3/t16-,18-/m0/s1. The first kappa shape index (κ1) is 13.4. The van der Waals surface area contributed by atoms with Crippen molar-refractivity contribution in [1.82, 2.24) is 0 Å². The van der Waals surface area contributed by atoms with Crippen LogP contribution in [0, 0.1) is 0 Å². The van der Waals surface area contributed by atoms with Gasteiger partial charge >= 0.3 is 0 Å². The normalized spacial score (nSPS) is 20.9. The van der Waals surface area contributed by atoms with Crippen LogP contribution in [0.5, 0.6) is 0 Å². The van der Waals surface area contributed by atoms with Gasteiger partial charge < -0.3 is 5.32 Å². The maximum atomic E-state index is 4.18. The second-order valence-electron chi connectivity index (χ2n) is 5.47. The van der Waals surface area contributed by atoms with Gasteiger partial charge in [0.1, 0.15) is 0 Å². The van der Waals surface area contributed by atoms with Gasteiger partial charge in [0.05, 0.1) is 6.04 Å². The number of halogens is 1. The lowest BCUT2D eigenvalue weighted by atomic mass is 9.81. The summed E-state index contributed by atoms with van der Waals surface area (Å²) in [6.45, 7) is 6.31. The van der Waals surface area contributed by atoms with Crippen LogP contribution in [0.2, 0.25) is 0 Å². The highest BCUT2D eigenvalue weighted by molar-refractivity contribution is 9.10. The van der Waals surface area contributed by atoms with Gasteiger partial charge in [0.2, 0.25) is 0 Å². The van der Waals surface area contributed by atoms with Crippen LogP contribution in [0.4, 0.5) is 5.69 Å². The van der Waals surface area contributed by atoms with E-state index in [2.05, 4.69) is 83.3 Å². The number of rotatable bonds is 2. The fourth-order valence-corrected chi connectivity index (χ4v) is 3.19. The van der Waals surface area contributed by atoms with Crippen LogP contribution in [0.3, 0.4) is 0 Å². The summed E-state index contributed by atoms with van der Waals surface area (Å²) in [5, 5.41) is 3.66. The largest absolute Gasteiger partial charge is 0.378 e. The predicted octanol–water partition coefficient (Wildman–Crippen LogP) is 5.67. The molecule has 1 heterocycles. The summed E-state index contributed by atoms with van der Waals surface area (Å²) in [4.78, 5) is 0. The zero-order valence-corrected chi connectivity index (χ0v) is 13.2. The molecule has 3 rings (SSSR count). The van der Waals surface area contributed by atoms with Crippen LogP contribution in [0.25, 0.3) is 0 Å². The fraction of sp³-hybridized carbons (Fsp3) is 0.222. The van der Waals surface area contributed by atoms with Crippen molar-refractivity contribution in [3.63, 3.8) is 0 Å². The topological polar surface area (TPSA) is 12.0 Å². The number of fused-ring (bicyclic) bond motifs is 1. The second kappa shape index (κ2) is 5.45. The van der Waals surface area contributed by atoms with E-state index in [1.165, 1.54) is 22.4 Å². The summed E-state index contributed by atoms with van der Waals surface area (Å²) in [6.07, 6.45) is 1.06. The number of nitrogens with one attached hydrogen (secondary N) is 1. The van der Waals surface area contributed by atoms with Crippen LogP contribution in [0.15, 0.2) is 65.2 Å². The highest BCUT2D eigenvalue weighted by Crippen LogP contribution is 2.43. The molecule has 0 saturated carbocycles. The lowest BCUT2D eigenvalue weighted by Crippen LogP contribution is -2.22. The Bertz CT molecular complexity index is 630. The monoisotopic (exact) mass is 327 g/mol. The van der Waals surface area contributed by atoms with Crippen molar-refractivity contribution in [3.8, 4) is 0 Å². The number of allylic oxidation sites excluding steroid dienone is 1. The van der Waals surface area contributed by atoms with Crippen molar-refractivity contribution in [2.75, 3.05) is 5.32 Å². The Morgan fingerprint density at radius 1 is 1.15 bits per heavy atom. The third kappa shape index (κ3) is 2.53. The van der Waals surface area contributed by atoms with E-state index >= 15 is 0 Å². The molecule has 0 amide bonds. The van der Waals surface area contributed by atoms with E-state index in [0.717, 1.165) is 10.9 Å². The average molecular weight is 328 g/mol. The molecule has 1 aliphatic rings. The minimum absolute atomic E-state index is 0.347. The number of benzene rings is 2. The molecule has 1 N–H and O–H groups in total. The molecule has 0 fully saturated rings. The van der Waals surface area contributed by atoms with Crippen molar-refractivity contribution in [2.24, 2.45) is 0 Å². The Labute approximate surface area is 128 Å². The molecule has 2 heteroatoms. The van der Waals surface area contributed by atoms with Gasteiger partial charge in [-0.2, -0.15) is 0 Å².